The zero-order chi connectivity index (χ0) is 18.6. The van der Waals surface area contributed by atoms with Crippen LogP contribution >= 0.6 is 15.9 Å². The molecule has 1 aromatic rings. The Kier molecular flexibility index (Phi) is 6.26. The molecule has 25 heavy (non-hydrogen) atoms. The molecule has 0 radical (unpaired) electrons. The molecule has 0 bridgehead atoms. The van der Waals surface area contributed by atoms with Gasteiger partial charge in [0.15, 0.2) is 0 Å². The van der Waals surface area contributed by atoms with Gasteiger partial charge in [-0.25, -0.2) is 4.79 Å². The van der Waals surface area contributed by atoms with Crippen LogP contribution in [0.4, 0.5) is 8.78 Å². The fourth-order valence-electron chi connectivity index (χ4n) is 2.52. The van der Waals surface area contributed by atoms with Gasteiger partial charge in [0.1, 0.15) is 5.69 Å². The molecule has 136 valence electrons. The number of allylic oxidation sites excluding steroid dienone is 1. The van der Waals surface area contributed by atoms with Crippen molar-refractivity contribution in [1.29, 1.82) is 0 Å². The second kappa shape index (κ2) is 8.03. The van der Waals surface area contributed by atoms with Gasteiger partial charge in [-0.05, 0) is 38.3 Å². The fourth-order valence-corrected chi connectivity index (χ4v) is 3.23. The molecule has 0 aliphatic heterocycles. The van der Waals surface area contributed by atoms with Crippen LogP contribution in [0.25, 0.3) is 0 Å². The van der Waals surface area contributed by atoms with Crippen molar-refractivity contribution in [2.24, 2.45) is 0 Å². The predicted octanol–water partition coefficient (Wildman–Crippen LogP) is 3.69. The van der Waals surface area contributed by atoms with Crippen LogP contribution < -0.4 is 5.32 Å². The zero-order valence-corrected chi connectivity index (χ0v) is 15.5. The Hall–Kier alpha value is -1.83. The van der Waals surface area contributed by atoms with Gasteiger partial charge in [-0.1, -0.05) is 15.9 Å². The Bertz CT molecular complexity index is 701. The highest BCUT2D eigenvalue weighted by Crippen LogP contribution is 2.30. The molecule has 0 saturated carbocycles. The van der Waals surface area contributed by atoms with Crippen LogP contribution in [0, 0.1) is 0 Å². The number of nitrogens with one attached hydrogen (secondary N) is 1. The normalized spacial score (nSPS) is 18.0. The van der Waals surface area contributed by atoms with Gasteiger partial charge in [-0.15, -0.1) is 0 Å². The number of pyridine rings is 1. The van der Waals surface area contributed by atoms with E-state index in [0.29, 0.717) is 24.6 Å². The molecule has 5 nitrogen and oxygen atoms in total. The third kappa shape index (κ3) is 4.84. The third-order valence-electron chi connectivity index (χ3n) is 3.76. The first-order chi connectivity index (χ1) is 11.7. The molecule has 8 heteroatoms. The maximum Gasteiger partial charge on any atom is 0.335 e. The number of amides is 1. The number of esters is 1. The van der Waals surface area contributed by atoms with Gasteiger partial charge in [0.25, 0.3) is 11.8 Å². The summed E-state index contributed by atoms with van der Waals surface area (Å²) in [7, 11) is 0. The Morgan fingerprint density at radius 2 is 2.20 bits per heavy atom. The van der Waals surface area contributed by atoms with Gasteiger partial charge in [0.05, 0.1) is 17.0 Å². The van der Waals surface area contributed by atoms with Crippen molar-refractivity contribution in [3.8, 4) is 0 Å². The zero-order valence-electron chi connectivity index (χ0n) is 13.9. The number of nitrogens with zero attached hydrogens (tertiary/aromatic N) is 1. The molecule has 1 amide bonds. The second-order valence-corrected chi connectivity index (χ2v) is 6.85. The monoisotopic (exact) mass is 416 g/mol. The quantitative estimate of drug-likeness (QED) is 0.586. The van der Waals surface area contributed by atoms with Crippen molar-refractivity contribution < 1.29 is 23.1 Å². The van der Waals surface area contributed by atoms with E-state index in [1.165, 1.54) is 6.07 Å². The SMILES string of the molecule is CCOC(=O)C1=C(NC(=O)c2ccnc(C(C)(F)F)c2)C(Br)CCC1. The molecule has 0 fully saturated rings. The van der Waals surface area contributed by atoms with E-state index < -0.39 is 23.5 Å². The van der Waals surface area contributed by atoms with E-state index in [1.54, 1.807) is 6.92 Å². The Labute approximate surface area is 153 Å². The number of hydrogen-bond acceptors (Lipinski definition) is 4. The lowest BCUT2D eigenvalue weighted by molar-refractivity contribution is -0.138. The van der Waals surface area contributed by atoms with Crippen LogP contribution in [-0.4, -0.2) is 28.3 Å². The maximum absolute atomic E-state index is 13.4. The minimum absolute atomic E-state index is 0.0486. The number of hydrogen-bond donors (Lipinski definition) is 1. The summed E-state index contributed by atoms with van der Waals surface area (Å²) in [5.74, 6) is -4.19. The molecule has 1 aliphatic carbocycles. The highest BCUT2D eigenvalue weighted by atomic mass is 79.9. The van der Waals surface area contributed by atoms with Gasteiger partial charge in [0.2, 0.25) is 0 Å². The first kappa shape index (κ1) is 19.5. The van der Waals surface area contributed by atoms with Crippen molar-refractivity contribution in [1.82, 2.24) is 10.3 Å². The molecule has 1 aromatic heterocycles. The maximum atomic E-state index is 13.4. The first-order valence-corrected chi connectivity index (χ1v) is 8.85. The smallest absolute Gasteiger partial charge is 0.335 e. The Morgan fingerprint density at radius 1 is 1.48 bits per heavy atom. The minimum atomic E-state index is -3.14. The van der Waals surface area contributed by atoms with Gasteiger partial charge in [0, 0.05) is 24.4 Å². The summed E-state index contributed by atoms with van der Waals surface area (Å²) in [6.45, 7) is 2.65. The van der Waals surface area contributed by atoms with E-state index in [9.17, 15) is 18.4 Å². The lowest BCUT2D eigenvalue weighted by Crippen LogP contribution is -2.33. The minimum Gasteiger partial charge on any atom is -0.463 e. The average Bonchev–Trinajstić information content (AvgIpc) is 2.56. The number of rotatable bonds is 5. The number of aromatic nitrogens is 1. The Balaban J connectivity index is 2.29. The first-order valence-electron chi connectivity index (χ1n) is 7.94. The van der Waals surface area contributed by atoms with Gasteiger partial charge >= 0.3 is 5.97 Å². The molecule has 1 aliphatic rings. The molecule has 2 rings (SSSR count). The summed E-state index contributed by atoms with van der Waals surface area (Å²) >= 11 is 3.45. The highest BCUT2D eigenvalue weighted by Gasteiger charge is 2.29. The molecule has 1 atom stereocenters. The third-order valence-corrected chi connectivity index (χ3v) is 4.68. The van der Waals surface area contributed by atoms with Crippen LogP contribution in [0.3, 0.4) is 0 Å². The summed E-state index contributed by atoms with van der Waals surface area (Å²) in [5.41, 5.74) is 0.390. The summed E-state index contributed by atoms with van der Waals surface area (Å²) in [6, 6.07) is 2.40. The summed E-state index contributed by atoms with van der Waals surface area (Å²) in [6.07, 6.45) is 3.18. The van der Waals surface area contributed by atoms with E-state index in [0.717, 1.165) is 25.1 Å². The lowest BCUT2D eigenvalue weighted by atomic mass is 9.95. The van der Waals surface area contributed by atoms with Gasteiger partial charge < -0.3 is 10.1 Å². The highest BCUT2D eigenvalue weighted by molar-refractivity contribution is 9.09. The molecule has 1 N–H and O–H groups in total. The molecule has 1 unspecified atom stereocenters. The molecule has 0 aromatic carbocycles. The Morgan fingerprint density at radius 3 is 2.84 bits per heavy atom. The van der Waals surface area contributed by atoms with Crippen molar-refractivity contribution in [2.45, 2.75) is 43.9 Å². The van der Waals surface area contributed by atoms with Gasteiger partial charge in [-0.3, -0.25) is 9.78 Å². The molecule has 0 spiro atoms. The summed E-state index contributed by atoms with van der Waals surface area (Å²) in [5, 5.41) is 2.67. The van der Waals surface area contributed by atoms with E-state index >= 15 is 0 Å². The second-order valence-electron chi connectivity index (χ2n) is 5.74. The summed E-state index contributed by atoms with van der Waals surface area (Å²) < 4.78 is 31.8. The van der Waals surface area contributed by atoms with Crippen LogP contribution in [0.2, 0.25) is 0 Å². The average molecular weight is 417 g/mol. The molecular weight excluding hydrogens is 398 g/mol. The van der Waals surface area contributed by atoms with E-state index in [4.69, 9.17) is 4.74 Å². The van der Waals surface area contributed by atoms with Crippen LogP contribution in [0.5, 0.6) is 0 Å². The van der Waals surface area contributed by atoms with E-state index in [2.05, 4.69) is 26.2 Å². The molecular formula is C17H19BrF2N2O3. The number of ether oxygens (including phenoxy) is 1. The topological polar surface area (TPSA) is 68.3 Å². The fraction of sp³-hybridized carbons (Fsp3) is 0.471. The van der Waals surface area contributed by atoms with Crippen LogP contribution in [0.1, 0.15) is 49.2 Å². The van der Waals surface area contributed by atoms with Crippen molar-refractivity contribution in [3.63, 3.8) is 0 Å². The number of alkyl halides is 3. The van der Waals surface area contributed by atoms with Crippen molar-refractivity contribution in [2.75, 3.05) is 6.61 Å². The number of carbonyl (C=O) groups is 2. The lowest BCUT2D eigenvalue weighted by Gasteiger charge is -2.24. The van der Waals surface area contributed by atoms with Crippen LogP contribution in [0.15, 0.2) is 29.6 Å². The molecule has 1 heterocycles. The van der Waals surface area contributed by atoms with Gasteiger partial charge in [-0.2, -0.15) is 8.78 Å². The predicted molar refractivity (Wildman–Crippen MR) is 91.5 cm³/mol. The largest absolute Gasteiger partial charge is 0.463 e. The number of halogens is 3. The van der Waals surface area contributed by atoms with Crippen molar-refractivity contribution in [3.05, 3.63) is 40.9 Å². The van der Waals surface area contributed by atoms with E-state index in [-0.39, 0.29) is 17.0 Å². The molecule has 0 saturated heterocycles. The standard InChI is InChI=1S/C17H19BrF2N2O3/c1-3-25-16(24)11-5-4-6-12(18)14(11)22-15(23)10-7-8-21-13(9-10)17(2,19)20/h7-9,12H,3-6H2,1-2H3,(H,22,23). The number of carbonyl (C=O) groups excluding carboxylic acids is 2. The van der Waals surface area contributed by atoms with E-state index in [1.807, 2.05) is 0 Å². The van der Waals surface area contributed by atoms with Crippen LogP contribution in [-0.2, 0) is 15.5 Å². The van der Waals surface area contributed by atoms with Crippen molar-refractivity contribution >= 4 is 27.8 Å². The summed E-state index contributed by atoms with van der Waals surface area (Å²) in [4.78, 5) is 28.0.